The Morgan fingerprint density at radius 2 is 1.77 bits per heavy atom. The van der Waals surface area contributed by atoms with E-state index in [1.165, 1.54) is 36.1 Å². The van der Waals surface area contributed by atoms with Crippen molar-refractivity contribution in [2.75, 3.05) is 13.2 Å². The number of carbonyl (C=O) groups excluding carboxylic acids is 1. The molecule has 0 unspecified atom stereocenters. The molecule has 0 spiro atoms. The van der Waals surface area contributed by atoms with Crippen LogP contribution in [0.15, 0.2) is 42.5 Å². The van der Waals surface area contributed by atoms with E-state index in [1.807, 2.05) is 6.07 Å². The molecule has 1 atom stereocenters. The molecule has 0 saturated heterocycles. The van der Waals surface area contributed by atoms with Gasteiger partial charge in [0.2, 0.25) is 0 Å². The number of benzene rings is 2. The first-order chi connectivity index (χ1) is 12.6. The van der Waals surface area contributed by atoms with Crippen LogP contribution in [0.2, 0.25) is 0 Å². The zero-order valence-corrected chi connectivity index (χ0v) is 15.0. The topological polar surface area (TPSA) is 47.6 Å². The zero-order valence-electron chi connectivity index (χ0n) is 15.0. The van der Waals surface area contributed by atoms with Crippen molar-refractivity contribution in [2.45, 2.75) is 38.7 Å². The maximum absolute atomic E-state index is 12.8. The van der Waals surface area contributed by atoms with Gasteiger partial charge in [0.05, 0.1) is 6.54 Å². The summed E-state index contributed by atoms with van der Waals surface area (Å²) >= 11 is 0. The fourth-order valence-electron chi connectivity index (χ4n) is 3.06. The SMILES string of the molecule is C[C@@H](Oc1ccc2c(c1)CCCC2)C(=O)NCCOc1ccc(F)cc1. The summed E-state index contributed by atoms with van der Waals surface area (Å²) in [7, 11) is 0. The highest BCUT2D eigenvalue weighted by Crippen LogP contribution is 2.25. The lowest BCUT2D eigenvalue weighted by molar-refractivity contribution is -0.127. The predicted octanol–water partition coefficient (Wildman–Crippen LogP) is 3.67. The molecule has 138 valence electrons. The number of ether oxygens (including phenoxy) is 2. The molecule has 5 heteroatoms. The normalized spacial score (nSPS) is 14.2. The van der Waals surface area contributed by atoms with Crippen LogP contribution in [0.3, 0.4) is 0 Å². The Morgan fingerprint density at radius 1 is 1.08 bits per heavy atom. The highest BCUT2D eigenvalue weighted by Gasteiger charge is 2.16. The van der Waals surface area contributed by atoms with Crippen molar-refractivity contribution in [3.8, 4) is 11.5 Å². The van der Waals surface area contributed by atoms with Gasteiger partial charge in [0.1, 0.15) is 23.9 Å². The number of nitrogens with one attached hydrogen (secondary N) is 1. The highest BCUT2D eigenvalue weighted by atomic mass is 19.1. The summed E-state index contributed by atoms with van der Waals surface area (Å²) in [6, 6.07) is 11.9. The monoisotopic (exact) mass is 357 g/mol. The highest BCUT2D eigenvalue weighted by molar-refractivity contribution is 5.80. The molecule has 0 radical (unpaired) electrons. The molecule has 0 aromatic heterocycles. The lowest BCUT2D eigenvalue weighted by Crippen LogP contribution is -2.38. The number of halogens is 1. The van der Waals surface area contributed by atoms with Gasteiger partial charge in [0.15, 0.2) is 6.10 Å². The summed E-state index contributed by atoms with van der Waals surface area (Å²) in [4.78, 5) is 12.2. The van der Waals surface area contributed by atoms with Crippen molar-refractivity contribution in [1.82, 2.24) is 5.32 Å². The number of carbonyl (C=O) groups is 1. The molecular weight excluding hydrogens is 333 g/mol. The maximum Gasteiger partial charge on any atom is 0.260 e. The van der Waals surface area contributed by atoms with Crippen molar-refractivity contribution in [2.24, 2.45) is 0 Å². The van der Waals surface area contributed by atoms with Crippen LogP contribution in [0.4, 0.5) is 4.39 Å². The van der Waals surface area contributed by atoms with Crippen LogP contribution in [-0.4, -0.2) is 25.2 Å². The van der Waals surface area contributed by atoms with Crippen molar-refractivity contribution >= 4 is 5.91 Å². The van der Waals surface area contributed by atoms with Crippen molar-refractivity contribution in [1.29, 1.82) is 0 Å². The molecule has 1 N–H and O–H groups in total. The average Bonchev–Trinajstić information content (AvgIpc) is 2.66. The van der Waals surface area contributed by atoms with E-state index in [0.717, 1.165) is 18.6 Å². The quantitative estimate of drug-likeness (QED) is 0.769. The Balaban J connectivity index is 1.42. The van der Waals surface area contributed by atoms with E-state index in [0.29, 0.717) is 18.9 Å². The predicted molar refractivity (Wildman–Crippen MR) is 98.1 cm³/mol. The third-order valence-corrected chi connectivity index (χ3v) is 4.49. The molecule has 0 bridgehead atoms. The molecule has 0 fully saturated rings. The summed E-state index contributed by atoms with van der Waals surface area (Å²) in [6.45, 7) is 2.40. The van der Waals surface area contributed by atoms with Gasteiger partial charge in [-0.1, -0.05) is 6.07 Å². The minimum absolute atomic E-state index is 0.189. The first-order valence-corrected chi connectivity index (χ1v) is 9.06. The average molecular weight is 357 g/mol. The van der Waals surface area contributed by atoms with Crippen LogP contribution in [0, 0.1) is 5.82 Å². The van der Waals surface area contributed by atoms with Crippen molar-refractivity contribution in [3.63, 3.8) is 0 Å². The number of aryl methyl sites for hydroxylation is 2. The van der Waals surface area contributed by atoms with Gasteiger partial charge in [-0.25, -0.2) is 4.39 Å². The minimum Gasteiger partial charge on any atom is -0.492 e. The molecule has 2 aromatic carbocycles. The van der Waals surface area contributed by atoms with Gasteiger partial charge in [-0.05, 0) is 80.1 Å². The molecule has 1 amide bonds. The first kappa shape index (κ1) is 18.2. The second-order valence-corrected chi connectivity index (χ2v) is 6.49. The first-order valence-electron chi connectivity index (χ1n) is 9.06. The molecule has 3 rings (SSSR count). The minimum atomic E-state index is -0.581. The van der Waals surface area contributed by atoms with E-state index >= 15 is 0 Å². The van der Waals surface area contributed by atoms with E-state index in [1.54, 1.807) is 19.1 Å². The summed E-state index contributed by atoms with van der Waals surface area (Å²) in [5, 5.41) is 2.78. The van der Waals surface area contributed by atoms with Crippen LogP contribution in [0.5, 0.6) is 11.5 Å². The van der Waals surface area contributed by atoms with E-state index in [-0.39, 0.29) is 11.7 Å². The number of hydrogen-bond donors (Lipinski definition) is 1. The van der Waals surface area contributed by atoms with Crippen LogP contribution < -0.4 is 14.8 Å². The van der Waals surface area contributed by atoms with Gasteiger partial charge < -0.3 is 14.8 Å². The lowest BCUT2D eigenvalue weighted by Gasteiger charge is -2.19. The molecule has 26 heavy (non-hydrogen) atoms. The summed E-state index contributed by atoms with van der Waals surface area (Å²) < 4.78 is 24.0. The van der Waals surface area contributed by atoms with E-state index < -0.39 is 6.10 Å². The van der Waals surface area contributed by atoms with Crippen LogP contribution in [0.25, 0.3) is 0 Å². The summed E-state index contributed by atoms with van der Waals surface area (Å²) in [5.41, 5.74) is 2.72. The molecule has 0 saturated carbocycles. The molecule has 0 aliphatic heterocycles. The Hall–Kier alpha value is -2.56. The zero-order chi connectivity index (χ0) is 18.4. The summed E-state index contributed by atoms with van der Waals surface area (Å²) in [5.74, 6) is 0.805. The smallest absolute Gasteiger partial charge is 0.260 e. The second-order valence-electron chi connectivity index (χ2n) is 6.49. The van der Waals surface area contributed by atoms with Gasteiger partial charge in [-0.2, -0.15) is 0 Å². The van der Waals surface area contributed by atoms with Crippen LogP contribution >= 0.6 is 0 Å². The molecule has 4 nitrogen and oxygen atoms in total. The molecule has 1 aliphatic carbocycles. The van der Waals surface area contributed by atoms with E-state index in [9.17, 15) is 9.18 Å². The number of hydrogen-bond acceptors (Lipinski definition) is 3. The molecule has 1 aliphatic rings. The number of rotatable bonds is 7. The van der Waals surface area contributed by atoms with E-state index in [4.69, 9.17) is 9.47 Å². The molecule has 0 heterocycles. The molecule has 2 aromatic rings. The van der Waals surface area contributed by atoms with Gasteiger partial charge in [-0.15, -0.1) is 0 Å². The van der Waals surface area contributed by atoms with Crippen molar-refractivity contribution < 1.29 is 18.7 Å². The fraction of sp³-hybridized carbons (Fsp3) is 0.381. The molecular formula is C21H24FNO3. The van der Waals surface area contributed by atoms with Crippen LogP contribution in [-0.2, 0) is 17.6 Å². The third kappa shape index (κ3) is 4.97. The standard InChI is InChI=1S/C21H24FNO3/c1-15(26-20-9-6-16-4-2-3-5-17(16)14-20)21(24)23-12-13-25-19-10-7-18(22)8-11-19/h6-11,14-15H,2-5,12-13H2,1H3,(H,23,24)/t15-/m1/s1. The van der Waals surface area contributed by atoms with Gasteiger partial charge in [0.25, 0.3) is 5.91 Å². The summed E-state index contributed by atoms with van der Waals surface area (Å²) in [6.07, 6.45) is 4.07. The number of amides is 1. The second kappa shape index (κ2) is 8.70. The van der Waals surface area contributed by atoms with Gasteiger partial charge in [0, 0.05) is 0 Å². The Morgan fingerprint density at radius 3 is 2.54 bits per heavy atom. The largest absolute Gasteiger partial charge is 0.492 e. The van der Waals surface area contributed by atoms with Crippen LogP contribution in [0.1, 0.15) is 30.9 Å². The third-order valence-electron chi connectivity index (χ3n) is 4.49. The van der Waals surface area contributed by atoms with Crippen molar-refractivity contribution in [3.05, 3.63) is 59.4 Å². The Kier molecular flexibility index (Phi) is 6.10. The number of fused-ring (bicyclic) bond motifs is 1. The Labute approximate surface area is 153 Å². The van der Waals surface area contributed by atoms with Gasteiger partial charge in [-0.3, -0.25) is 4.79 Å². The van der Waals surface area contributed by atoms with E-state index in [2.05, 4.69) is 17.4 Å². The maximum atomic E-state index is 12.8. The Bertz CT molecular complexity index is 745. The fourth-order valence-corrected chi connectivity index (χ4v) is 3.06. The van der Waals surface area contributed by atoms with Gasteiger partial charge >= 0.3 is 0 Å². The lowest BCUT2D eigenvalue weighted by atomic mass is 9.92.